The van der Waals surface area contributed by atoms with E-state index >= 15 is 0 Å². The van der Waals surface area contributed by atoms with Gasteiger partial charge in [0.2, 0.25) is 0 Å². The molecule has 2 N–H and O–H groups in total. The lowest BCUT2D eigenvalue weighted by atomic mass is 10.1. The van der Waals surface area contributed by atoms with Gasteiger partial charge in [-0.3, -0.25) is 5.32 Å². The number of halogens is 2. The third-order valence-corrected chi connectivity index (χ3v) is 3.71. The number of hydrogen-bond donors (Lipinski definition) is 2. The first kappa shape index (κ1) is 13.0. The molecule has 0 aromatic carbocycles. The summed E-state index contributed by atoms with van der Waals surface area (Å²) in [4.78, 5) is 0. The molecule has 90 valence electrons. The summed E-state index contributed by atoms with van der Waals surface area (Å²) in [5.74, 6) is -2.79. The van der Waals surface area contributed by atoms with Gasteiger partial charge < -0.3 is 4.55 Å². The molecule has 1 aliphatic rings. The van der Waals surface area contributed by atoms with Crippen LogP contribution in [-0.4, -0.2) is 26.6 Å². The van der Waals surface area contributed by atoms with E-state index in [1.807, 2.05) is 0 Å². The minimum absolute atomic E-state index is 0.374. The van der Waals surface area contributed by atoms with Crippen LogP contribution < -0.4 is 5.32 Å². The van der Waals surface area contributed by atoms with Gasteiger partial charge in [-0.1, -0.05) is 12.8 Å². The molecule has 1 aliphatic carbocycles. The zero-order chi connectivity index (χ0) is 11.5. The lowest BCUT2D eigenvalue weighted by Gasteiger charge is -2.22. The summed E-state index contributed by atoms with van der Waals surface area (Å²) >= 11 is -2.53. The molecule has 0 aromatic rings. The SMILES string of the molecule is CC(F)(F)C(NCC1CCCC1)S(=O)O. The van der Waals surface area contributed by atoms with Gasteiger partial charge in [0.25, 0.3) is 5.92 Å². The van der Waals surface area contributed by atoms with Gasteiger partial charge in [0.05, 0.1) is 0 Å². The zero-order valence-corrected chi connectivity index (χ0v) is 9.53. The van der Waals surface area contributed by atoms with Crippen molar-refractivity contribution in [1.29, 1.82) is 0 Å². The quantitative estimate of drug-likeness (QED) is 0.723. The maximum absolute atomic E-state index is 12.9. The standard InChI is InChI=1S/C9H17F2NO2S/c1-9(10,11)8(15(13)14)12-6-7-4-2-3-5-7/h7-8,12H,2-6H2,1H3,(H,13,14). The largest absolute Gasteiger partial charge is 0.305 e. The predicted octanol–water partition coefficient (Wildman–Crippen LogP) is 1.97. The Labute approximate surface area is 90.9 Å². The van der Waals surface area contributed by atoms with Crippen molar-refractivity contribution in [2.24, 2.45) is 5.92 Å². The monoisotopic (exact) mass is 241 g/mol. The Morgan fingerprint density at radius 3 is 2.47 bits per heavy atom. The summed E-state index contributed by atoms with van der Waals surface area (Å²) in [6.07, 6.45) is 4.30. The first-order valence-corrected chi connectivity index (χ1v) is 6.29. The van der Waals surface area contributed by atoms with Crippen molar-refractivity contribution in [2.75, 3.05) is 6.54 Å². The first-order valence-electron chi connectivity index (χ1n) is 5.12. The Kier molecular flexibility index (Phi) is 4.61. The molecule has 15 heavy (non-hydrogen) atoms. The summed E-state index contributed by atoms with van der Waals surface area (Å²) in [7, 11) is 0. The average molecular weight is 241 g/mol. The summed E-state index contributed by atoms with van der Waals surface area (Å²) in [6, 6.07) is 0. The van der Waals surface area contributed by atoms with E-state index in [-0.39, 0.29) is 0 Å². The molecular formula is C9H17F2NO2S. The van der Waals surface area contributed by atoms with Gasteiger partial charge in [0, 0.05) is 6.92 Å². The smallest absolute Gasteiger partial charge is 0.274 e. The van der Waals surface area contributed by atoms with E-state index in [1.54, 1.807) is 0 Å². The fourth-order valence-electron chi connectivity index (χ4n) is 1.92. The normalized spacial score (nSPS) is 22.9. The Bertz CT molecular complexity index is 227. The molecule has 0 bridgehead atoms. The molecule has 3 nitrogen and oxygen atoms in total. The van der Waals surface area contributed by atoms with Gasteiger partial charge in [0.15, 0.2) is 16.5 Å². The van der Waals surface area contributed by atoms with Crippen molar-refractivity contribution in [3.63, 3.8) is 0 Å². The third-order valence-electron chi connectivity index (χ3n) is 2.73. The zero-order valence-electron chi connectivity index (χ0n) is 8.71. The van der Waals surface area contributed by atoms with Crippen LogP contribution in [0.25, 0.3) is 0 Å². The van der Waals surface area contributed by atoms with Gasteiger partial charge >= 0.3 is 0 Å². The second kappa shape index (κ2) is 5.32. The number of rotatable bonds is 5. The van der Waals surface area contributed by atoms with Gasteiger partial charge in [-0.2, -0.15) is 0 Å². The molecular weight excluding hydrogens is 224 g/mol. The van der Waals surface area contributed by atoms with Crippen molar-refractivity contribution in [2.45, 2.75) is 43.9 Å². The molecule has 0 aliphatic heterocycles. The van der Waals surface area contributed by atoms with E-state index in [2.05, 4.69) is 5.32 Å². The van der Waals surface area contributed by atoms with Crippen LogP contribution in [-0.2, 0) is 11.1 Å². The molecule has 0 spiro atoms. The van der Waals surface area contributed by atoms with Crippen LogP contribution in [0.1, 0.15) is 32.6 Å². The van der Waals surface area contributed by atoms with E-state index < -0.39 is 22.4 Å². The van der Waals surface area contributed by atoms with Crippen LogP contribution in [0.5, 0.6) is 0 Å². The first-order chi connectivity index (χ1) is 6.91. The molecule has 1 fully saturated rings. The maximum atomic E-state index is 12.9. The third kappa shape index (κ3) is 4.12. The molecule has 2 unspecified atom stereocenters. The highest BCUT2D eigenvalue weighted by molar-refractivity contribution is 7.79. The summed E-state index contributed by atoms with van der Waals surface area (Å²) in [5.41, 5.74) is 0. The topological polar surface area (TPSA) is 49.3 Å². The highest BCUT2D eigenvalue weighted by atomic mass is 32.2. The lowest BCUT2D eigenvalue weighted by molar-refractivity contribution is 0.00676. The molecule has 2 atom stereocenters. The predicted molar refractivity (Wildman–Crippen MR) is 55.1 cm³/mol. The van der Waals surface area contributed by atoms with Crippen LogP contribution in [0.3, 0.4) is 0 Å². The molecule has 0 heterocycles. The van der Waals surface area contributed by atoms with Crippen LogP contribution in [0, 0.1) is 5.92 Å². The minimum atomic E-state index is -3.17. The Hall–Kier alpha value is -0.0700. The van der Waals surface area contributed by atoms with Crippen LogP contribution >= 0.6 is 0 Å². The second-order valence-corrected chi connectivity index (χ2v) is 5.19. The van der Waals surface area contributed by atoms with E-state index in [4.69, 9.17) is 4.55 Å². The molecule has 0 radical (unpaired) electrons. The van der Waals surface area contributed by atoms with Gasteiger partial charge in [-0.15, -0.1) is 0 Å². The van der Waals surface area contributed by atoms with E-state index in [0.29, 0.717) is 19.4 Å². The van der Waals surface area contributed by atoms with Crippen LogP contribution in [0.4, 0.5) is 8.78 Å². The molecule has 0 amide bonds. The van der Waals surface area contributed by atoms with Crippen molar-refractivity contribution < 1.29 is 17.5 Å². The molecule has 1 rings (SSSR count). The maximum Gasteiger partial charge on any atom is 0.274 e. The fraction of sp³-hybridized carbons (Fsp3) is 1.00. The van der Waals surface area contributed by atoms with Gasteiger partial charge in [-0.05, 0) is 25.3 Å². The van der Waals surface area contributed by atoms with Crippen LogP contribution in [0.15, 0.2) is 0 Å². The van der Waals surface area contributed by atoms with E-state index in [0.717, 1.165) is 25.7 Å². The van der Waals surface area contributed by atoms with Crippen molar-refractivity contribution >= 4 is 11.1 Å². The van der Waals surface area contributed by atoms with Gasteiger partial charge in [-0.25, -0.2) is 13.0 Å². The van der Waals surface area contributed by atoms with E-state index in [1.165, 1.54) is 0 Å². The number of hydrogen-bond acceptors (Lipinski definition) is 2. The fourth-order valence-corrected chi connectivity index (χ4v) is 2.51. The molecule has 0 aromatic heterocycles. The lowest BCUT2D eigenvalue weighted by Crippen LogP contribution is -2.47. The minimum Gasteiger partial charge on any atom is -0.305 e. The van der Waals surface area contributed by atoms with Crippen LogP contribution in [0.2, 0.25) is 0 Å². The molecule has 0 saturated heterocycles. The van der Waals surface area contributed by atoms with Gasteiger partial charge in [0.1, 0.15) is 0 Å². The summed E-state index contributed by atoms with van der Waals surface area (Å²) < 4.78 is 45.3. The Morgan fingerprint density at radius 2 is 2.07 bits per heavy atom. The highest BCUT2D eigenvalue weighted by Crippen LogP contribution is 2.25. The van der Waals surface area contributed by atoms with Crippen molar-refractivity contribution in [3.05, 3.63) is 0 Å². The highest BCUT2D eigenvalue weighted by Gasteiger charge is 2.38. The van der Waals surface area contributed by atoms with Crippen molar-refractivity contribution in [3.8, 4) is 0 Å². The summed E-state index contributed by atoms with van der Waals surface area (Å²) in [6.45, 7) is 1.06. The number of alkyl halides is 2. The number of nitrogens with one attached hydrogen (secondary N) is 1. The Morgan fingerprint density at radius 1 is 1.53 bits per heavy atom. The summed E-state index contributed by atoms with van der Waals surface area (Å²) in [5, 5.41) is 0.846. The Balaban J connectivity index is 2.41. The second-order valence-electron chi connectivity index (χ2n) is 4.17. The van der Waals surface area contributed by atoms with Crippen molar-refractivity contribution in [1.82, 2.24) is 5.32 Å². The molecule has 6 heteroatoms. The van der Waals surface area contributed by atoms with E-state index in [9.17, 15) is 13.0 Å². The average Bonchev–Trinajstić information content (AvgIpc) is 2.53. The molecule has 1 saturated carbocycles.